The van der Waals surface area contributed by atoms with Crippen molar-refractivity contribution < 1.29 is 4.79 Å². The third kappa shape index (κ3) is 2.93. The van der Waals surface area contributed by atoms with Gasteiger partial charge < -0.3 is 4.98 Å². The van der Waals surface area contributed by atoms with Gasteiger partial charge in [-0.2, -0.15) is 0 Å². The van der Waals surface area contributed by atoms with Crippen LogP contribution >= 0.6 is 0 Å². The summed E-state index contributed by atoms with van der Waals surface area (Å²) in [5, 5.41) is 0. The SMILES string of the molecule is CC(C)(C)CCc1nc2ccc(C=O)cc2[nH]1. The highest BCUT2D eigenvalue weighted by atomic mass is 16.1. The standard InChI is InChI=1S/C14H18N2O/c1-14(2,3)7-6-13-15-11-5-4-10(9-17)8-12(11)16-13/h4-5,8-9H,6-7H2,1-3H3,(H,15,16). The van der Waals surface area contributed by atoms with Crippen LogP contribution in [-0.4, -0.2) is 16.3 Å². The van der Waals surface area contributed by atoms with Crippen molar-refractivity contribution >= 4 is 17.3 Å². The average molecular weight is 230 g/mol. The number of nitrogens with one attached hydrogen (secondary N) is 1. The molecule has 0 saturated carbocycles. The number of hydrogen-bond donors (Lipinski definition) is 1. The number of hydrogen-bond acceptors (Lipinski definition) is 2. The van der Waals surface area contributed by atoms with Gasteiger partial charge in [0, 0.05) is 12.0 Å². The Morgan fingerprint density at radius 3 is 2.76 bits per heavy atom. The summed E-state index contributed by atoms with van der Waals surface area (Å²) in [5.74, 6) is 0.998. The lowest BCUT2D eigenvalue weighted by Crippen LogP contribution is -2.06. The number of rotatable bonds is 3. The highest BCUT2D eigenvalue weighted by Crippen LogP contribution is 2.21. The van der Waals surface area contributed by atoms with Gasteiger partial charge in [-0.25, -0.2) is 4.98 Å². The van der Waals surface area contributed by atoms with Gasteiger partial charge in [-0.3, -0.25) is 4.79 Å². The molecule has 1 heterocycles. The monoisotopic (exact) mass is 230 g/mol. The molecule has 90 valence electrons. The van der Waals surface area contributed by atoms with E-state index < -0.39 is 0 Å². The zero-order valence-electron chi connectivity index (χ0n) is 10.6. The van der Waals surface area contributed by atoms with Crippen LogP contribution < -0.4 is 0 Å². The van der Waals surface area contributed by atoms with Gasteiger partial charge in [0.05, 0.1) is 11.0 Å². The topological polar surface area (TPSA) is 45.8 Å². The first-order chi connectivity index (χ1) is 7.98. The normalized spacial score (nSPS) is 11.9. The third-order valence-electron chi connectivity index (χ3n) is 2.80. The molecule has 0 spiro atoms. The zero-order chi connectivity index (χ0) is 12.5. The molecule has 0 saturated heterocycles. The molecular weight excluding hydrogens is 212 g/mol. The smallest absolute Gasteiger partial charge is 0.150 e. The zero-order valence-corrected chi connectivity index (χ0v) is 10.6. The Morgan fingerprint density at radius 2 is 2.12 bits per heavy atom. The number of aromatic nitrogens is 2. The molecule has 2 aromatic rings. The van der Waals surface area contributed by atoms with Crippen LogP contribution in [0.25, 0.3) is 11.0 Å². The summed E-state index contributed by atoms with van der Waals surface area (Å²) in [6.45, 7) is 6.67. The second-order valence-corrected chi connectivity index (χ2v) is 5.64. The molecule has 0 radical (unpaired) electrons. The summed E-state index contributed by atoms with van der Waals surface area (Å²) >= 11 is 0. The van der Waals surface area contributed by atoms with Crippen LogP contribution in [0.4, 0.5) is 0 Å². The second kappa shape index (κ2) is 4.32. The highest BCUT2D eigenvalue weighted by Gasteiger charge is 2.12. The van der Waals surface area contributed by atoms with E-state index in [-0.39, 0.29) is 0 Å². The highest BCUT2D eigenvalue weighted by molar-refractivity contribution is 5.84. The van der Waals surface area contributed by atoms with E-state index in [1.807, 2.05) is 12.1 Å². The molecule has 1 N–H and O–H groups in total. The van der Waals surface area contributed by atoms with Gasteiger partial charge in [0.25, 0.3) is 0 Å². The van der Waals surface area contributed by atoms with Crippen molar-refractivity contribution in [3.8, 4) is 0 Å². The molecule has 0 fully saturated rings. The Balaban J connectivity index is 2.22. The molecule has 0 bridgehead atoms. The van der Waals surface area contributed by atoms with Crippen molar-refractivity contribution in [2.45, 2.75) is 33.6 Å². The molecule has 0 atom stereocenters. The Morgan fingerprint density at radius 1 is 1.35 bits per heavy atom. The Hall–Kier alpha value is -1.64. The van der Waals surface area contributed by atoms with E-state index in [2.05, 4.69) is 30.7 Å². The molecule has 0 aliphatic heterocycles. The number of carbonyl (C=O) groups excluding carboxylic acids is 1. The summed E-state index contributed by atoms with van der Waals surface area (Å²) in [5.41, 5.74) is 2.87. The predicted octanol–water partition coefficient (Wildman–Crippen LogP) is 3.35. The van der Waals surface area contributed by atoms with E-state index in [0.29, 0.717) is 11.0 Å². The fraction of sp³-hybridized carbons (Fsp3) is 0.429. The number of carbonyl (C=O) groups is 1. The van der Waals surface area contributed by atoms with Gasteiger partial charge in [-0.15, -0.1) is 0 Å². The van der Waals surface area contributed by atoms with Gasteiger partial charge in [0.2, 0.25) is 0 Å². The summed E-state index contributed by atoms with van der Waals surface area (Å²) in [7, 11) is 0. The quantitative estimate of drug-likeness (QED) is 0.822. The summed E-state index contributed by atoms with van der Waals surface area (Å²) in [4.78, 5) is 18.5. The van der Waals surface area contributed by atoms with Gasteiger partial charge in [-0.05, 0) is 30.0 Å². The maximum Gasteiger partial charge on any atom is 0.150 e. The molecule has 3 nitrogen and oxygen atoms in total. The number of nitrogens with zero attached hydrogens (tertiary/aromatic N) is 1. The first-order valence-corrected chi connectivity index (χ1v) is 5.92. The van der Waals surface area contributed by atoms with Crippen LogP contribution in [0.1, 0.15) is 43.4 Å². The lowest BCUT2D eigenvalue weighted by atomic mass is 9.90. The van der Waals surface area contributed by atoms with Crippen molar-refractivity contribution in [1.82, 2.24) is 9.97 Å². The van der Waals surface area contributed by atoms with Gasteiger partial charge in [0.15, 0.2) is 0 Å². The van der Waals surface area contributed by atoms with E-state index in [0.717, 1.165) is 36.0 Å². The summed E-state index contributed by atoms with van der Waals surface area (Å²) < 4.78 is 0. The number of benzene rings is 1. The van der Waals surface area contributed by atoms with Crippen LogP contribution in [0.15, 0.2) is 18.2 Å². The van der Waals surface area contributed by atoms with Crippen molar-refractivity contribution in [3.05, 3.63) is 29.6 Å². The van der Waals surface area contributed by atoms with E-state index in [1.165, 1.54) is 0 Å². The van der Waals surface area contributed by atoms with Crippen LogP contribution in [-0.2, 0) is 6.42 Å². The first kappa shape index (κ1) is 11.8. The second-order valence-electron chi connectivity index (χ2n) is 5.64. The average Bonchev–Trinajstić information content (AvgIpc) is 2.66. The first-order valence-electron chi connectivity index (χ1n) is 5.92. The Bertz CT molecular complexity index is 535. The summed E-state index contributed by atoms with van der Waals surface area (Å²) in [6, 6.07) is 5.52. The van der Waals surface area contributed by atoms with Gasteiger partial charge in [-0.1, -0.05) is 20.8 Å². The minimum absolute atomic E-state index is 0.312. The van der Waals surface area contributed by atoms with Gasteiger partial charge >= 0.3 is 0 Å². The lowest BCUT2D eigenvalue weighted by molar-refractivity contribution is 0.112. The molecular formula is C14H18N2O. The fourth-order valence-corrected chi connectivity index (χ4v) is 1.77. The van der Waals surface area contributed by atoms with Crippen molar-refractivity contribution in [1.29, 1.82) is 0 Å². The Kier molecular flexibility index (Phi) is 3.01. The number of fused-ring (bicyclic) bond motifs is 1. The predicted molar refractivity (Wildman–Crippen MR) is 69.3 cm³/mol. The van der Waals surface area contributed by atoms with Crippen molar-refractivity contribution in [3.63, 3.8) is 0 Å². The van der Waals surface area contributed by atoms with Crippen molar-refractivity contribution in [2.24, 2.45) is 5.41 Å². The Labute approximate surface area is 101 Å². The molecule has 0 unspecified atom stereocenters. The third-order valence-corrected chi connectivity index (χ3v) is 2.80. The maximum absolute atomic E-state index is 10.7. The number of aromatic amines is 1. The number of H-pyrrole nitrogens is 1. The molecule has 2 rings (SSSR count). The van der Waals surface area contributed by atoms with Crippen molar-refractivity contribution in [2.75, 3.05) is 0 Å². The van der Waals surface area contributed by atoms with Gasteiger partial charge in [0.1, 0.15) is 12.1 Å². The molecule has 3 heteroatoms. The minimum atomic E-state index is 0.312. The van der Waals surface area contributed by atoms with E-state index >= 15 is 0 Å². The number of aryl methyl sites for hydroxylation is 1. The fourth-order valence-electron chi connectivity index (χ4n) is 1.77. The summed E-state index contributed by atoms with van der Waals surface area (Å²) in [6.07, 6.45) is 2.89. The van der Waals surface area contributed by atoms with E-state index in [4.69, 9.17) is 0 Å². The van der Waals surface area contributed by atoms with E-state index in [9.17, 15) is 4.79 Å². The molecule has 1 aromatic carbocycles. The maximum atomic E-state index is 10.7. The van der Waals surface area contributed by atoms with Crippen LogP contribution in [0, 0.1) is 5.41 Å². The molecule has 0 aliphatic rings. The minimum Gasteiger partial charge on any atom is -0.342 e. The number of aldehydes is 1. The molecule has 17 heavy (non-hydrogen) atoms. The van der Waals surface area contributed by atoms with Crippen LogP contribution in [0.3, 0.4) is 0 Å². The lowest BCUT2D eigenvalue weighted by Gasteiger charge is -2.16. The molecule has 0 amide bonds. The van der Waals surface area contributed by atoms with Crippen LogP contribution in [0.5, 0.6) is 0 Å². The van der Waals surface area contributed by atoms with E-state index in [1.54, 1.807) is 6.07 Å². The molecule has 1 aromatic heterocycles. The largest absolute Gasteiger partial charge is 0.342 e. The van der Waals surface area contributed by atoms with Crippen LogP contribution in [0.2, 0.25) is 0 Å². The molecule has 0 aliphatic carbocycles. The number of imidazole rings is 1.